The molecule has 0 saturated carbocycles. The van der Waals surface area contributed by atoms with Gasteiger partial charge >= 0.3 is 0 Å². The molecule has 0 radical (unpaired) electrons. The summed E-state index contributed by atoms with van der Waals surface area (Å²) in [6.07, 6.45) is 2.45. The summed E-state index contributed by atoms with van der Waals surface area (Å²) in [6.45, 7) is 5.89. The van der Waals surface area contributed by atoms with Crippen LogP contribution in [-0.4, -0.2) is 45.9 Å². The van der Waals surface area contributed by atoms with Crippen molar-refractivity contribution in [3.63, 3.8) is 0 Å². The molecular formula is C18H29N3O2. The van der Waals surface area contributed by atoms with Crippen molar-refractivity contribution in [1.82, 2.24) is 10.6 Å². The fraction of sp³-hybridized carbons (Fsp3) is 0.611. The van der Waals surface area contributed by atoms with E-state index in [1.165, 1.54) is 12.0 Å². The molecule has 1 aliphatic rings. The molecule has 0 amide bonds. The third kappa shape index (κ3) is 5.84. The van der Waals surface area contributed by atoms with Crippen molar-refractivity contribution in [3.8, 4) is 0 Å². The molecule has 2 unspecified atom stereocenters. The van der Waals surface area contributed by atoms with Gasteiger partial charge in [-0.25, -0.2) is 0 Å². The second-order valence-corrected chi connectivity index (χ2v) is 5.68. The summed E-state index contributed by atoms with van der Waals surface area (Å²) in [5.41, 5.74) is 1.26. The zero-order chi connectivity index (χ0) is 16.3. The topological polar surface area (TPSA) is 54.9 Å². The van der Waals surface area contributed by atoms with E-state index in [0.29, 0.717) is 12.5 Å². The van der Waals surface area contributed by atoms with E-state index in [9.17, 15) is 0 Å². The number of rotatable bonds is 7. The van der Waals surface area contributed by atoms with Gasteiger partial charge in [0.05, 0.1) is 12.7 Å². The van der Waals surface area contributed by atoms with Gasteiger partial charge in [0.15, 0.2) is 5.96 Å². The Kier molecular flexibility index (Phi) is 7.90. The SMILES string of the molecule is CCOCCNC(=NC)NCC1CCCOC1c1ccccc1. The standard InChI is InChI=1S/C18H29N3O2/c1-3-22-13-11-20-18(19-2)21-14-16-10-7-12-23-17(16)15-8-5-4-6-9-15/h4-6,8-9,16-17H,3,7,10-14H2,1-2H3,(H2,19,20,21). The van der Waals surface area contributed by atoms with Crippen LogP contribution >= 0.6 is 0 Å². The lowest BCUT2D eigenvalue weighted by atomic mass is 9.89. The van der Waals surface area contributed by atoms with Gasteiger partial charge in [-0.3, -0.25) is 4.99 Å². The summed E-state index contributed by atoms with van der Waals surface area (Å²) in [6, 6.07) is 10.5. The van der Waals surface area contributed by atoms with Crippen LogP contribution in [0.15, 0.2) is 35.3 Å². The minimum absolute atomic E-state index is 0.166. The van der Waals surface area contributed by atoms with Crippen LogP contribution in [0.4, 0.5) is 0 Å². The summed E-state index contributed by atoms with van der Waals surface area (Å²) in [5.74, 6) is 1.28. The molecule has 2 atom stereocenters. The first-order valence-electron chi connectivity index (χ1n) is 8.54. The average molecular weight is 319 g/mol. The molecule has 5 nitrogen and oxygen atoms in total. The van der Waals surface area contributed by atoms with Crippen LogP contribution < -0.4 is 10.6 Å². The average Bonchev–Trinajstić information content (AvgIpc) is 2.62. The molecule has 0 aromatic heterocycles. The molecule has 2 N–H and O–H groups in total. The summed E-state index contributed by atoms with van der Waals surface area (Å²) < 4.78 is 11.4. The Morgan fingerprint density at radius 3 is 2.87 bits per heavy atom. The molecule has 5 heteroatoms. The maximum Gasteiger partial charge on any atom is 0.191 e. The van der Waals surface area contributed by atoms with Gasteiger partial charge in [0.1, 0.15) is 0 Å². The second-order valence-electron chi connectivity index (χ2n) is 5.68. The highest BCUT2D eigenvalue weighted by Crippen LogP contribution is 2.32. The normalized spacial score (nSPS) is 21.9. The third-order valence-electron chi connectivity index (χ3n) is 4.07. The highest BCUT2D eigenvalue weighted by Gasteiger charge is 2.27. The van der Waals surface area contributed by atoms with Crippen molar-refractivity contribution in [3.05, 3.63) is 35.9 Å². The fourth-order valence-corrected chi connectivity index (χ4v) is 2.90. The number of aliphatic imine (C=N–C) groups is 1. The Hall–Kier alpha value is -1.59. The van der Waals surface area contributed by atoms with E-state index >= 15 is 0 Å². The largest absolute Gasteiger partial charge is 0.380 e. The van der Waals surface area contributed by atoms with E-state index in [1.54, 1.807) is 7.05 Å². The summed E-state index contributed by atoms with van der Waals surface area (Å²) in [7, 11) is 1.79. The molecule has 1 saturated heterocycles. The molecule has 23 heavy (non-hydrogen) atoms. The van der Waals surface area contributed by atoms with Crippen LogP contribution in [0.5, 0.6) is 0 Å². The number of hydrogen-bond donors (Lipinski definition) is 2. The maximum absolute atomic E-state index is 6.04. The van der Waals surface area contributed by atoms with Gasteiger partial charge in [-0.05, 0) is 25.3 Å². The van der Waals surface area contributed by atoms with Crippen molar-refractivity contribution in [2.24, 2.45) is 10.9 Å². The number of nitrogens with one attached hydrogen (secondary N) is 2. The Bertz CT molecular complexity index is 465. The number of guanidine groups is 1. The quantitative estimate of drug-likeness (QED) is 0.460. The zero-order valence-corrected chi connectivity index (χ0v) is 14.3. The molecule has 128 valence electrons. The molecule has 1 aliphatic heterocycles. The van der Waals surface area contributed by atoms with Gasteiger partial charge in [-0.1, -0.05) is 30.3 Å². The van der Waals surface area contributed by atoms with Crippen molar-refractivity contribution in [2.75, 3.05) is 40.0 Å². The lowest BCUT2D eigenvalue weighted by Gasteiger charge is -2.32. The predicted molar refractivity (Wildman–Crippen MR) is 93.7 cm³/mol. The molecule has 1 heterocycles. The maximum atomic E-state index is 6.04. The Labute approximate surface area is 139 Å². The van der Waals surface area contributed by atoms with Crippen LogP contribution in [0.25, 0.3) is 0 Å². The van der Waals surface area contributed by atoms with Crippen LogP contribution in [-0.2, 0) is 9.47 Å². The van der Waals surface area contributed by atoms with Gasteiger partial charge in [0.25, 0.3) is 0 Å². The fourth-order valence-electron chi connectivity index (χ4n) is 2.90. The summed E-state index contributed by atoms with van der Waals surface area (Å²) in [4.78, 5) is 4.27. The van der Waals surface area contributed by atoms with Crippen LogP contribution in [0.1, 0.15) is 31.4 Å². The zero-order valence-electron chi connectivity index (χ0n) is 14.3. The first kappa shape index (κ1) is 17.8. The molecule has 0 spiro atoms. The van der Waals surface area contributed by atoms with E-state index in [4.69, 9.17) is 9.47 Å². The number of hydrogen-bond acceptors (Lipinski definition) is 3. The summed E-state index contributed by atoms with van der Waals surface area (Å²) >= 11 is 0. The molecular weight excluding hydrogens is 290 g/mol. The van der Waals surface area contributed by atoms with Crippen molar-refractivity contribution in [1.29, 1.82) is 0 Å². The Morgan fingerprint density at radius 2 is 2.13 bits per heavy atom. The lowest BCUT2D eigenvalue weighted by Crippen LogP contribution is -2.42. The van der Waals surface area contributed by atoms with Crippen LogP contribution in [0, 0.1) is 5.92 Å². The van der Waals surface area contributed by atoms with Crippen molar-refractivity contribution in [2.45, 2.75) is 25.9 Å². The van der Waals surface area contributed by atoms with E-state index < -0.39 is 0 Å². The first-order valence-corrected chi connectivity index (χ1v) is 8.54. The first-order chi connectivity index (χ1) is 11.3. The number of ether oxygens (including phenoxy) is 2. The molecule has 1 aromatic rings. The highest BCUT2D eigenvalue weighted by molar-refractivity contribution is 5.79. The van der Waals surface area contributed by atoms with E-state index in [0.717, 1.165) is 38.7 Å². The van der Waals surface area contributed by atoms with E-state index in [2.05, 4.69) is 39.9 Å². The molecule has 1 fully saturated rings. The second kappa shape index (κ2) is 10.2. The Balaban J connectivity index is 1.84. The van der Waals surface area contributed by atoms with Gasteiger partial charge in [-0.2, -0.15) is 0 Å². The van der Waals surface area contributed by atoms with E-state index in [1.807, 2.05) is 13.0 Å². The summed E-state index contributed by atoms with van der Waals surface area (Å²) in [5, 5.41) is 6.69. The number of nitrogens with zero attached hydrogens (tertiary/aromatic N) is 1. The smallest absolute Gasteiger partial charge is 0.191 e. The molecule has 0 aliphatic carbocycles. The minimum Gasteiger partial charge on any atom is -0.380 e. The van der Waals surface area contributed by atoms with Crippen molar-refractivity contribution >= 4 is 5.96 Å². The predicted octanol–water partition coefficient (Wildman–Crippen LogP) is 2.36. The molecule has 1 aromatic carbocycles. The minimum atomic E-state index is 0.166. The van der Waals surface area contributed by atoms with Crippen LogP contribution in [0.3, 0.4) is 0 Å². The Morgan fingerprint density at radius 1 is 1.30 bits per heavy atom. The van der Waals surface area contributed by atoms with Gasteiger partial charge < -0.3 is 20.1 Å². The van der Waals surface area contributed by atoms with Gasteiger partial charge in [-0.15, -0.1) is 0 Å². The van der Waals surface area contributed by atoms with E-state index in [-0.39, 0.29) is 6.10 Å². The van der Waals surface area contributed by atoms with Crippen LogP contribution in [0.2, 0.25) is 0 Å². The third-order valence-corrected chi connectivity index (χ3v) is 4.07. The van der Waals surface area contributed by atoms with Gasteiger partial charge in [0.2, 0.25) is 0 Å². The van der Waals surface area contributed by atoms with Gasteiger partial charge in [0, 0.05) is 39.3 Å². The lowest BCUT2D eigenvalue weighted by molar-refractivity contribution is -0.0265. The van der Waals surface area contributed by atoms with Crippen molar-refractivity contribution < 1.29 is 9.47 Å². The number of benzene rings is 1. The molecule has 0 bridgehead atoms. The molecule has 2 rings (SSSR count). The monoisotopic (exact) mass is 319 g/mol. The highest BCUT2D eigenvalue weighted by atomic mass is 16.5.